The Morgan fingerprint density at radius 1 is 0.952 bits per heavy atom. The second-order valence-corrected chi connectivity index (χ2v) is 12.8. The molecule has 0 aliphatic carbocycles. The zero-order chi connectivity index (χ0) is 29.1. The van der Waals surface area contributed by atoms with E-state index in [1.54, 1.807) is 18.2 Å². The molecule has 6 rings (SSSR count). The summed E-state index contributed by atoms with van der Waals surface area (Å²) in [7, 11) is -2.94. The third-order valence-corrected chi connectivity index (χ3v) is 9.06. The average molecular weight is 591 g/mol. The van der Waals surface area contributed by atoms with Crippen LogP contribution < -0.4 is 10.2 Å². The highest BCUT2D eigenvalue weighted by Crippen LogP contribution is 2.27. The van der Waals surface area contributed by atoms with Gasteiger partial charge in [-0.2, -0.15) is 5.10 Å². The Balaban J connectivity index is 1.10. The molecule has 10 nitrogen and oxygen atoms in total. The van der Waals surface area contributed by atoms with Gasteiger partial charge in [-0.05, 0) is 60.2 Å². The molecule has 2 N–H and O–H groups in total. The highest BCUT2D eigenvalue weighted by Gasteiger charge is 2.22. The van der Waals surface area contributed by atoms with Gasteiger partial charge in [-0.1, -0.05) is 12.1 Å². The highest BCUT2D eigenvalue weighted by molar-refractivity contribution is 7.91. The molecule has 1 amide bonds. The number of carbonyl (C=O) groups is 1. The lowest BCUT2D eigenvalue weighted by Gasteiger charge is -2.29. The quantitative estimate of drug-likeness (QED) is 0.335. The second kappa shape index (κ2) is 12.0. The van der Waals surface area contributed by atoms with Gasteiger partial charge in [0.2, 0.25) is 0 Å². The molecule has 0 radical (unpaired) electrons. The SMILES string of the molecule is O=C(Nc1ccc(-c2nc(-c3cc(F)cc(N4CCOCC4)c3)n[nH]2)cc1)c1cccc(CN2CCS(=O)(=O)CC2)c1. The summed E-state index contributed by atoms with van der Waals surface area (Å²) in [6.45, 7) is 4.19. The summed E-state index contributed by atoms with van der Waals surface area (Å²) in [5, 5.41) is 10.2. The van der Waals surface area contributed by atoms with Crippen LogP contribution in [0.3, 0.4) is 0 Å². The van der Waals surface area contributed by atoms with Crippen LogP contribution in [0.2, 0.25) is 0 Å². The van der Waals surface area contributed by atoms with Gasteiger partial charge in [0, 0.05) is 60.8 Å². The number of halogens is 1. The van der Waals surface area contributed by atoms with E-state index in [0.717, 1.165) is 16.8 Å². The lowest BCUT2D eigenvalue weighted by atomic mass is 10.1. The van der Waals surface area contributed by atoms with E-state index in [1.165, 1.54) is 12.1 Å². The summed E-state index contributed by atoms with van der Waals surface area (Å²) >= 11 is 0. The van der Waals surface area contributed by atoms with Gasteiger partial charge in [-0.15, -0.1) is 0 Å². The molecule has 2 aliphatic rings. The van der Waals surface area contributed by atoms with Gasteiger partial charge in [0.15, 0.2) is 21.5 Å². The van der Waals surface area contributed by atoms with Gasteiger partial charge in [-0.25, -0.2) is 17.8 Å². The summed E-state index contributed by atoms with van der Waals surface area (Å²) in [6, 6.07) is 19.4. The molecule has 4 aromatic rings. The summed E-state index contributed by atoms with van der Waals surface area (Å²) in [6.07, 6.45) is 0. The first-order chi connectivity index (χ1) is 20.3. The first-order valence-corrected chi connectivity index (χ1v) is 15.6. The number of morpholine rings is 1. The normalized spacial score (nSPS) is 17.2. The zero-order valence-corrected chi connectivity index (χ0v) is 23.7. The Labute approximate surface area is 243 Å². The molecular formula is C30H31FN6O4S. The van der Waals surface area contributed by atoms with Crippen molar-refractivity contribution in [3.8, 4) is 22.8 Å². The molecular weight excluding hydrogens is 559 g/mol. The van der Waals surface area contributed by atoms with Crippen molar-refractivity contribution >= 4 is 27.1 Å². The van der Waals surface area contributed by atoms with Gasteiger partial charge in [-0.3, -0.25) is 14.8 Å². The Morgan fingerprint density at radius 3 is 2.48 bits per heavy atom. The maximum Gasteiger partial charge on any atom is 0.255 e. The summed E-state index contributed by atoms with van der Waals surface area (Å²) < 4.78 is 43.2. The molecule has 2 saturated heterocycles. The molecule has 0 unspecified atom stereocenters. The van der Waals surface area contributed by atoms with Crippen LogP contribution in [0, 0.1) is 5.82 Å². The first-order valence-electron chi connectivity index (χ1n) is 13.8. The van der Waals surface area contributed by atoms with Crippen LogP contribution in [0.1, 0.15) is 15.9 Å². The molecule has 2 fully saturated rings. The number of amides is 1. The molecule has 0 saturated carbocycles. The molecule has 42 heavy (non-hydrogen) atoms. The van der Waals surface area contributed by atoms with Crippen molar-refractivity contribution in [1.29, 1.82) is 0 Å². The molecule has 0 bridgehead atoms. The molecule has 12 heteroatoms. The van der Waals surface area contributed by atoms with Crippen LogP contribution in [0.15, 0.2) is 66.7 Å². The lowest BCUT2D eigenvalue weighted by molar-refractivity contribution is 0.102. The molecule has 3 aromatic carbocycles. The Hall–Kier alpha value is -4.13. The number of carbonyl (C=O) groups excluding carboxylic acids is 1. The topological polar surface area (TPSA) is 121 Å². The van der Waals surface area contributed by atoms with Crippen LogP contribution in [0.25, 0.3) is 22.8 Å². The third kappa shape index (κ3) is 6.67. The van der Waals surface area contributed by atoms with Crippen molar-refractivity contribution in [2.75, 3.05) is 61.1 Å². The molecule has 0 spiro atoms. The zero-order valence-electron chi connectivity index (χ0n) is 22.9. The van der Waals surface area contributed by atoms with Gasteiger partial charge in [0.1, 0.15) is 5.82 Å². The van der Waals surface area contributed by atoms with Crippen LogP contribution in [-0.2, 0) is 21.1 Å². The number of anilines is 2. The van der Waals surface area contributed by atoms with E-state index in [9.17, 15) is 17.6 Å². The van der Waals surface area contributed by atoms with Crippen molar-refractivity contribution in [3.63, 3.8) is 0 Å². The number of hydrogen-bond donors (Lipinski definition) is 2. The largest absolute Gasteiger partial charge is 0.378 e. The number of nitrogens with zero attached hydrogens (tertiary/aromatic N) is 4. The van der Waals surface area contributed by atoms with Gasteiger partial charge < -0.3 is 15.0 Å². The number of rotatable bonds is 7. The maximum absolute atomic E-state index is 14.4. The number of aromatic nitrogens is 3. The maximum atomic E-state index is 14.4. The van der Waals surface area contributed by atoms with E-state index in [1.807, 2.05) is 36.4 Å². The third-order valence-electron chi connectivity index (χ3n) is 7.45. The summed E-state index contributed by atoms with van der Waals surface area (Å²) in [4.78, 5) is 21.7. The van der Waals surface area contributed by atoms with Crippen molar-refractivity contribution in [2.24, 2.45) is 0 Å². The predicted octanol–water partition coefficient (Wildman–Crippen LogP) is 3.60. The lowest BCUT2D eigenvalue weighted by Crippen LogP contribution is -2.39. The highest BCUT2D eigenvalue weighted by atomic mass is 32.2. The smallest absolute Gasteiger partial charge is 0.255 e. The van der Waals surface area contributed by atoms with Crippen LogP contribution in [0.4, 0.5) is 15.8 Å². The van der Waals surface area contributed by atoms with E-state index in [-0.39, 0.29) is 23.2 Å². The Bertz CT molecular complexity index is 1670. The fourth-order valence-corrected chi connectivity index (χ4v) is 6.40. The van der Waals surface area contributed by atoms with Crippen molar-refractivity contribution in [1.82, 2.24) is 20.1 Å². The minimum absolute atomic E-state index is 0.166. The number of H-pyrrole nitrogens is 1. The minimum Gasteiger partial charge on any atom is -0.378 e. The van der Waals surface area contributed by atoms with Crippen molar-refractivity contribution < 1.29 is 22.3 Å². The molecule has 3 heterocycles. The van der Waals surface area contributed by atoms with Crippen molar-refractivity contribution in [2.45, 2.75) is 6.54 Å². The summed E-state index contributed by atoms with van der Waals surface area (Å²) in [5.41, 5.74) is 4.21. The Morgan fingerprint density at radius 2 is 1.71 bits per heavy atom. The number of benzene rings is 3. The standard InChI is InChI=1S/C30H31FN6O4S/c31-25-17-24(18-27(19-25)37-8-12-41-13-9-37)29-33-28(34-35-29)22-4-6-26(7-5-22)32-30(38)23-3-1-2-21(16-23)20-36-10-14-42(39,40)15-11-36/h1-7,16-19H,8-15,20H2,(H,32,38)(H,33,34,35). The van der Waals surface area contributed by atoms with Crippen LogP contribution >= 0.6 is 0 Å². The number of hydrogen-bond acceptors (Lipinski definition) is 8. The second-order valence-electron chi connectivity index (χ2n) is 10.5. The van der Waals surface area contributed by atoms with E-state index < -0.39 is 9.84 Å². The van der Waals surface area contributed by atoms with Gasteiger partial charge >= 0.3 is 0 Å². The number of sulfone groups is 1. The van der Waals surface area contributed by atoms with Crippen LogP contribution in [0.5, 0.6) is 0 Å². The fourth-order valence-electron chi connectivity index (χ4n) is 5.12. The van der Waals surface area contributed by atoms with Gasteiger partial charge in [0.25, 0.3) is 5.91 Å². The van der Waals surface area contributed by atoms with E-state index in [4.69, 9.17) is 4.74 Å². The van der Waals surface area contributed by atoms with Crippen LogP contribution in [-0.4, -0.2) is 85.3 Å². The fraction of sp³-hybridized carbons (Fsp3) is 0.300. The van der Waals surface area contributed by atoms with E-state index in [2.05, 4.69) is 30.3 Å². The van der Waals surface area contributed by atoms with E-state index in [0.29, 0.717) is 74.4 Å². The van der Waals surface area contributed by atoms with E-state index >= 15 is 0 Å². The van der Waals surface area contributed by atoms with Gasteiger partial charge in [0.05, 0.1) is 24.7 Å². The molecule has 1 aromatic heterocycles. The number of ether oxygens (including phenoxy) is 1. The molecule has 2 aliphatic heterocycles. The minimum atomic E-state index is -2.94. The molecule has 0 atom stereocenters. The summed E-state index contributed by atoms with van der Waals surface area (Å²) in [5.74, 6) is 0.655. The predicted molar refractivity (Wildman–Crippen MR) is 159 cm³/mol. The first kappa shape index (κ1) is 28.0. The molecule has 218 valence electrons. The Kier molecular flexibility index (Phi) is 8.00. The average Bonchev–Trinajstić information content (AvgIpc) is 3.50. The number of aromatic amines is 1. The number of nitrogens with one attached hydrogen (secondary N) is 2. The monoisotopic (exact) mass is 590 g/mol. The van der Waals surface area contributed by atoms with Crippen molar-refractivity contribution in [3.05, 3.63) is 83.7 Å².